The second-order valence-electron chi connectivity index (χ2n) is 5.24. The highest BCUT2D eigenvalue weighted by molar-refractivity contribution is 7.13. The molecule has 0 unspecified atom stereocenters. The highest BCUT2D eigenvalue weighted by Gasteiger charge is 2.11. The molecule has 124 valence electrons. The van der Waals surface area contributed by atoms with Gasteiger partial charge in [-0.1, -0.05) is 6.07 Å². The summed E-state index contributed by atoms with van der Waals surface area (Å²) in [6.45, 7) is 0. The minimum absolute atomic E-state index is 0.494. The van der Waals surface area contributed by atoms with Crippen LogP contribution in [0.1, 0.15) is 10.7 Å². The Morgan fingerprint density at radius 3 is 2.62 bits per heavy atom. The zero-order chi connectivity index (χ0) is 17.8. The van der Waals surface area contributed by atoms with Gasteiger partial charge in [-0.2, -0.15) is 5.26 Å². The molecule has 0 aromatic carbocycles. The number of thiazole rings is 2. The van der Waals surface area contributed by atoms with E-state index in [1.807, 2.05) is 41.1 Å². The van der Waals surface area contributed by atoms with E-state index >= 15 is 0 Å². The van der Waals surface area contributed by atoms with Gasteiger partial charge in [-0.05, 0) is 30.3 Å². The van der Waals surface area contributed by atoms with Crippen LogP contribution in [0, 0.1) is 11.3 Å². The lowest BCUT2D eigenvalue weighted by molar-refractivity contribution is 1.28. The van der Waals surface area contributed by atoms with Crippen LogP contribution in [-0.4, -0.2) is 19.9 Å². The lowest BCUT2D eigenvalue weighted by Gasteiger charge is -1.95. The molecule has 0 N–H and O–H groups in total. The monoisotopic (exact) mass is 373 g/mol. The van der Waals surface area contributed by atoms with Crippen molar-refractivity contribution in [3.05, 3.63) is 70.4 Å². The molecular formula is C19H11N5S2. The number of hydrogen-bond acceptors (Lipinski definition) is 7. The van der Waals surface area contributed by atoms with Crippen LogP contribution < -0.4 is 0 Å². The molecule has 0 aliphatic heterocycles. The fraction of sp³-hybridized carbons (Fsp3) is 0. The molecule has 0 bridgehead atoms. The van der Waals surface area contributed by atoms with E-state index in [1.54, 1.807) is 24.7 Å². The normalized spacial score (nSPS) is 11.3. The summed E-state index contributed by atoms with van der Waals surface area (Å²) < 4.78 is 0. The number of nitriles is 1. The number of rotatable bonds is 4. The third kappa shape index (κ3) is 3.42. The number of allylic oxidation sites excluding steroid dienone is 1. The minimum atomic E-state index is 0.494. The summed E-state index contributed by atoms with van der Waals surface area (Å²) in [5.74, 6) is 0. The van der Waals surface area contributed by atoms with Gasteiger partial charge in [0.2, 0.25) is 0 Å². The van der Waals surface area contributed by atoms with Gasteiger partial charge in [0.05, 0.1) is 22.7 Å². The van der Waals surface area contributed by atoms with Crippen molar-refractivity contribution in [3.63, 3.8) is 0 Å². The second-order valence-corrected chi connectivity index (χ2v) is 6.95. The SMILES string of the molecule is N#C/C(=C\c1csc(-c2ccccn2)n1)c1nc(-c2ccncc2)cs1. The third-order valence-corrected chi connectivity index (χ3v) is 5.29. The van der Waals surface area contributed by atoms with Crippen LogP contribution in [0.5, 0.6) is 0 Å². The molecule has 4 heterocycles. The molecule has 0 fully saturated rings. The topological polar surface area (TPSA) is 75.3 Å². The Morgan fingerprint density at radius 1 is 0.962 bits per heavy atom. The molecule has 0 aliphatic rings. The van der Waals surface area contributed by atoms with Gasteiger partial charge in [0.15, 0.2) is 0 Å². The van der Waals surface area contributed by atoms with E-state index in [9.17, 15) is 5.26 Å². The molecule has 5 nitrogen and oxygen atoms in total. The molecule has 4 aromatic rings. The average Bonchev–Trinajstić information content (AvgIpc) is 3.37. The van der Waals surface area contributed by atoms with Gasteiger partial charge in [-0.25, -0.2) is 9.97 Å². The van der Waals surface area contributed by atoms with E-state index < -0.39 is 0 Å². The molecule has 4 rings (SSSR count). The lowest BCUT2D eigenvalue weighted by atomic mass is 10.2. The largest absolute Gasteiger partial charge is 0.265 e. The summed E-state index contributed by atoms with van der Waals surface area (Å²) in [5.41, 5.74) is 3.86. The molecule has 0 aliphatic carbocycles. The predicted molar refractivity (Wildman–Crippen MR) is 104 cm³/mol. The Kier molecular flexibility index (Phi) is 4.60. The first-order chi connectivity index (χ1) is 12.8. The number of nitrogens with zero attached hydrogens (tertiary/aromatic N) is 5. The fourth-order valence-corrected chi connectivity index (χ4v) is 3.85. The maximum Gasteiger partial charge on any atom is 0.142 e. The van der Waals surface area contributed by atoms with Gasteiger partial charge in [0.1, 0.15) is 16.1 Å². The summed E-state index contributed by atoms with van der Waals surface area (Å²) >= 11 is 2.94. The molecule has 0 radical (unpaired) electrons. The summed E-state index contributed by atoms with van der Waals surface area (Å²) in [7, 11) is 0. The van der Waals surface area contributed by atoms with E-state index in [1.165, 1.54) is 22.7 Å². The van der Waals surface area contributed by atoms with Crippen molar-refractivity contribution in [2.24, 2.45) is 0 Å². The highest BCUT2D eigenvalue weighted by atomic mass is 32.1. The van der Waals surface area contributed by atoms with E-state index in [4.69, 9.17) is 0 Å². The molecule has 0 spiro atoms. The minimum Gasteiger partial charge on any atom is -0.265 e. The summed E-state index contributed by atoms with van der Waals surface area (Å²) in [4.78, 5) is 17.4. The molecule has 0 saturated carbocycles. The van der Waals surface area contributed by atoms with Crippen molar-refractivity contribution in [2.45, 2.75) is 0 Å². The lowest BCUT2D eigenvalue weighted by Crippen LogP contribution is -1.84. The van der Waals surface area contributed by atoms with Crippen molar-refractivity contribution in [2.75, 3.05) is 0 Å². The summed E-state index contributed by atoms with van der Waals surface area (Å²) in [6.07, 6.45) is 6.95. The van der Waals surface area contributed by atoms with Crippen LogP contribution in [-0.2, 0) is 0 Å². The maximum absolute atomic E-state index is 9.55. The van der Waals surface area contributed by atoms with Crippen molar-refractivity contribution >= 4 is 34.3 Å². The number of pyridine rings is 2. The zero-order valence-corrected chi connectivity index (χ0v) is 15.0. The van der Waals surface area contributed by atoms with Crippen LogP contribution in [0.4, 0.5) is 0 Å². The summed E-state index contributed by atoms with van der Waals surface area (Å²) in [5, 5.41) is 14.9. The zero-order valence-electron chi connectivity index (χ0n) is 13.4. The van der Waals surface area contributed by atoms with E-state index in [0.29, 0.717) is 10.6 Å². The number of aromatic nitrogens is 4. The van der Waals surface area contributed by atoms with Gasteiger partial charge in [0, 0.05) is 34.9 Å². The van der Waals surface area contributed by atoms with Crippen LogP contribution in [0.15, 0.2) is 59.7 Å². The molecule has 0 amide bonds. The second kappa shape index (κ2) is 7.35. The van der Waals surface area contributed by atoms with Crippen LogP contribution in [0.3, 0.4) is 0 Å². The average molecular weight is 373 g/mol. The van der Waals surface area contributed by atoms with Crippen molar-refractivity contribution < 1.29 is 0 Å². The highest BCUT2D eigenvalue weighted by Crippen LogP contribution is 2.28. The Morgan fingerprint density at radius 2 is 1.85 bits per heavy atom. The first-order valence-electron chi connectivity index (χ1n) is 7.68. The molecule has 0 atom stereocenters. The fourth-order valence-electron chi connectivity index (χ4n) is 2.30. The molecule has 4 aromatic heterocycles. The predicted octanol–water partition coefficient (Wildman–Crippen LogP) is 4.79. The smallest absolute Gasteiger partial charge is 0.142 e. The van der Waals surface area contributed by atoms with E-state index in [0.717, 1.165) is 27.7 Å². The van der Waals surface area contributed by atoms with Gasteiger partial charge in [0.25, 0.3) is 0 Å². The van der Waals surface area contributed by atoms with Crippen LogP contribution in [0.25, 0.3) is 33.6 Å². The third-order valence-electron chi connectivity index (χ3n) is 3.53. The Hall–Kier alpha value is -3.21. The van der Waals surface area contributed by atoms with Crippen LogP contribution >= 0.6 is 22.7 Å². The molecule has 7 heteroatoms. The Balaban J connectivity index is 1.63. The van der Waals surface area contributed by atoms with Gasteiger partial charge < -0.3 is 0 Å². The molecule has 26 heavy (non-hydrogen) atoms. The van der Waals surface area contributed by atoms with Crippen molar-refractivity contribution in [1.29, 1.82) is 5.26 Å². The van der Waals surface area contributed by atoms with E-state index in [-0.39, 0.29) is 0 Å². The first-order valence-corrected chi connectivity index (χ1v) is 9.44. The summed E-state index contributed by atoms with van der Waals surface area (Å²) in [6, 6.07) is 11.7. The van der Waals surface area contributed by atoms with Crippen LogP contribution in [0.2, 0.25) is 0 Å². The standard InChI is InChI=1S/C19H11N5S2/c20-10-14(18-24-17(12-26-18)13-4-7-21-8-5-13)9-15-11-25-19(23-15)16-3-1-2-6-22-16/h1-9,11-12H/b14-9+. The van der Waals surface area contributed by atoms with Gasteiger partial charge in [-0.15, -0.1) is 22.7 Å². The molecular weight excluding hydrogens is 362 g/mol. The van der Waals surface area contributed by atoms with Gasteiger partial charge in [-0.3, -0.25) is 9.97 Å². The maximum atomic E-state index is 9.55. The van der Waals surface area contributed by atoms with E-state index in [2.05, 4.69) is 26.0 Å². The van der Waals surface area contributed by atoms with Gasteiger partial charge >= 0.3 is 0 Å². The molecule has 0 saturated heterocycles. The number of hydrogen-bond donors (Lipinski definition) is 0. The Bertz CT molecular complexity index is 1090. The van der Waals surface area contributed by atoms with Crippen molar-refractivity contribution in [3.8, 4) is 28.0 Å². The quantitative estimate of drug-likeness (QED) is 0.481. The first kappa shape index (κ1) is 16.3. The Labute approximate surface area is 158 Å². The van der Waals surface area contributed by atoms with Crippen molar-refractivity contribution in [1.82, 2.24) is 19.9 Å².